The van der Waals surface area contributed by atoms with Gasteiger partial charge < -0.3 is 30.5 Å². The summed E-state index contributed by atoms with van der Waals surface area (Å²) in [7, 11) is 1.41. The molecule has 4 N–H and O–H groups in total. The minimum Gasteiger partial charge on any atom is -0.495 e. The van der Waals surface area contributed by atoms with Crippen LogP contribution in [0, 0.1) is 11.3 Å². The second kappa shape index (κ2) is 15.2. The molecule has 3 aromatic rings. The van der Waals surface area contributed by atoms with E-state index in [-0.39, 0.29) is 17.7 Å². The Balaban J connectivity index is 1.43. The average Bonchev–Trinajstić information content (AvgIpc) is 3.59. The molecule has 1 aromatic heterocycles. The van der Waals surface area contributed by atoms with Crippen LogP contribution in [0.25, 0.3) is 11.1 Å². The van der Waals surface area contributed by atoms with Gasteiger partial charge in [-0.25, -0.2) is 9.59 Å². The van der Waals surface area contributed by atoms with Crippen LogP contribution in [0.15, 0.2) is 59.5 Å². The standard InChI is InChI=1S/C32H32ClN5O8/c1-3-26(38-16-27(45-2)23(14-28(38)39)22-13-20(33)9-6-19(22)15-34)30(41)36-21-10-7-18(8-11-21)32(44)46-17-25(31(42)43)37-29(40)24-5-4-12-35-24/h6-11,13-14,16,24-26,35H,3-5,12,17H2,1-2H3,(H,36,41)(H,37,40)(H,42,43)/t24-,25-,26?/m0/s1. The van der Waals surface area contributed by atoms with Crippen molar-refractivity contribution in [2.45, 2.75) is 44.3 Å². The number of methoxy groups -OCH3 is 1. The molecule has 0 radical (unpaired) electrons. The minimum absolute atomic E-state index is 0.0901. The van der Waals surface area contributed by atoms with Crippen LogP contribution in [0.2, 0.25) is 5.02 Å². The molecule has 2 heterocycles. The monoisotopic (exact) mass is 649 g/mol. The summed E-state index contributed by atoms with van der Waals surface area (Å²) in [6, 6.07) is 10.9. The number of hydrogen-bond acceptors (Lipinski definition) is 9. The van der Waals surface area contributed by atoms with Crippen LogP contribution < -0.4 is 26.2 Å². The van der Waals surface area contributed by atoms with E-state index < -0.39 is 54.0 Å². The number of rotatable bonds is 12. The highest BCUT2D eigenvalue weighted by atomic mass is 35.5. The molecule has 1 saturated heterocycles. The van der Waals surface area contributed by atoms with E-state index in [0.717, 1.165) is 6.42 Å². The third kappa shape index (κ3) is 7.90. The Morgan fingerprint density at radius 2 is 1.89 bits per heavy atom. The highest BCUT2D eigenvalue weighted by Crippen LogP contribution is 2.33. The van der Waals surface area contributed by atoms with Crippen molar-refractivity contribution in [3.05, 3.63) is 81.2 Å². The minimum atomic E-state index is -1.42. The number of carboxylic acid groups (broad SMARTS) is 1. The van der Waals surface area contributed by atoms with Crippen molar-refractivity contribution in [2.24, 2.45) is 0 Å². The molecular weight excluding hydrogens is 618 g/mol. The zero-order valence-electron chi connectivity index (χ0n) is 25.0. The first-order valence-corrected chi connectivity index (χ1v) is 14.8. The van der Waals surface area contributed by atoms with Gasteiger partial charge in [-0.1, -0.05) is 18.5 Å². The lowest BCUT2D eigenvalue weighted by atomic mass is 10.00. The zero-order chi connectivity index (χ0) is 33.4. The van der Waals surface area contributed by atoms with Gasteiger partial charge >= 0.3 is 11.9 Å². The summed E-state index contributed by atoms with van der Waals surface area (Å²) in [5.41, 5.74) is 0.971. The summed E-state index contributed by atoms with van der Waals surface area (Å²) in [4.78, 5) is 62.9. The number of nitrogens with one attached hydrogen (secondary N) is 3. The molecule has 1 unspecified atom stereocenters. The number of pyridine rings is 1. The van der Waals surface area contributed by atoms with Crippen molar-refractivity contribution in [2.75, 3.05) is 25.6 Å². The molecule has 14 heteroatoms. The van der Waals surface area contributed by atoms with Gasteiger partial charge in [0.25, 0.3) is 5.56 Å². The lowest BCUT2D eigenvalue weighted by Crippen LogP contribution is -2.50. The van der Waals surface area contributed by atoms with E-state index >= 15 is 0 Å². The molecule has 2 amide bonds. The molecule has 0 saturated carbocycles. The summed E-state index contributed by atoms with van der Waals surface area (Å²) in [6.07, 6.45) is 3.04. The van der Waals surface area contributed by atoms with Crippen molar-refractivity contribution < 1.29 is 33.8 Å². The van der Waals surface area contributed by atoms with Crippen molar-refractivity contribution in [1.82, 2.24) is 15.2 Å². The fourth-order valence-corrected chi connectivity index (χ4v) is 5.18. The molecule has 46 heavy (non-hydrogen) atoms. The topological polar surface area (TPSA) is 189 Å². The quantitative estimate of drug-likeness (QED) is 0.212. The first-order valence-electron chi connectivity index (χ1n) is 14.4. The third-order valence-corrected chi connectivity index (χ3v) is 7.68. The molecule has 4 rings (SSSR count). The van der Waals surface area contributed by atoms with Crippen LogP contribution in [-0.4, -0.2) is 65.8 Å². The number of carboxylic acids is 1. The first kappa shape index (κ1) is 33.7. The Bertz CT molecular complexity index is 1730. The van der Waals surface area contributed by atoms with Gasteiger partial charge in [0.05, 0.1) is 36.5 Å². The van der Waals surface area contributed by atoms with E-state index in [0.29, 0.717) is 40.4 Å². The van der Waals surface area contributed by atoms with E-state index in [1.54, 1.807) is 19.1 Å². The van der Waals surface area contributed by atoms with Gasteiger partial charge in [-0.05, 0) is 68.3 Å². The number of hydrogen-bond donors (Lipinski definition) is 4. The summed E-state index contributed by atoms with van der Waals surface area (Å²) in [5, 5.41) is 27.4. The lowest BCUT2D eigenvalue weighted by molar-refractivity contribution is -0.143. The van der Waals surface area contributed by atoms with Crippen LogP contribution in [0.4, 0.5) is 5.69 Å². The number of esters is 1. The summed E-state index contributed by atoms with van der Waals surface area (Å²) in [6.45, 7) is 1.82. The van der Waals surface area contributed by atoms with Crippen molar-refractivity contribution in [3.63, 3.8) is 0 Å². The summed E-state index contributed by atoms with van der Waals surface area (Å²) < 4.78 is 11.9. The molecule has 1 fully saturated rings. The van der Waals surface area contributed by atoms with Crippen molar-refractivity contribution in [1.29, 1.82) is 5.26 Å². The number of carbonyl (C=O) groups is 4. The Hall–Kier alpha value is -5.19. The van der Waals surface area contributed by atoms with Crippen LogP contribution in [0.5, 0.6) is 5.75 Å². The summed E-state index contributed by atoms with van der Waals surface area (Å²) >= 11 is 6.14. The van der Waals surface area contributed by atoms with E-state index in [2.05, 4.69) is 22.0 Å². The van der Waals surface area contributed by atoms with E-state index in [1.165, 1.54) is 54.3 Å². The number of carbonyl (C=O) groups excluding carboxylic acids is 3. The van der Waals surface area contributed by atoms with Gasteiger partial charge in [-0.2, -0.15) is 5.26 Å². The number of aliphatic carboxylic acids is 1. The number of nitriles is 1. The van der Waals surface area contributed by atoms with Crippen LogP contribution in [-0.2, 0) is 19.1 Å². The number of halogens is 1. The van der Waals surface area contributed by atoms with Gasteiger partial charge in [-0.15, -0.1) is 0 Å². The maximum absolute atomic E-state index is 13.3. The smallest absolute Gasteiger partial charge is 0.338 e. The summed E-state index contributed by atoms with van der Waals surface area (Å²) in [5.74, 6) is -2.89. The largest absolute Gasteiger partial charge is 0.495 e. The number of aromatic nitrogens is 1. The SMILES string of the molecule is CCC(C(=O)Nc1ccc(C(=O)OC[C@H](NC(=O)[C@@H]2CCCN2)C(=O)O)cc1)n1cc(OC)c(-c2cc(Cl)ccc2C#N)cc1=O. The highest BCUT2D eigenvalue weighted by molar-refractivity contribution is 6.31. The van der Waals surface area contributed by atoms with Gasteiger partial charge in [0.1, 0.15) is 18.4 Å². The average molecular weight is 650 g/mol. The molecule has 2 aromatic carbocycles. The van der Waals surface area contributed by atoms with Gasteiger partial charge in [0.2, 0.25) is 11.8 Å². The normalized spacial score (nSPS) is 15.2. The highest BCUT2D eigenvalue weighted by Gasteiger charge is 2.28. The van der Waals surface area contributed by atoms with Crippen LogP contribution in [0.1, 0.15) is 48.1 Å². The van der Waals surface area contributed by atoms with E-state index in [4.69, 9.17) is 21.1 Å². The number of amides is 2. The molecular formula is C32H32ClN5O8. The van der Waals surface area contributed by atoms with Crippen molar-refractivity contribution >= 4 is 41.0 Å². The maximum atomic E-state index is 13.3. The molecule has 3 atom stereocenters. The van der Waals surface area contributed by atoms with Gasteiger partial charge in [-0.3, -0.25) is 19.0 Å². The Morgan fingerprint density at radius 3 is 2.50 bits per heavy atom. The molecule has 13 nitrogen and oxygen atoms in total. The molecule has 1 aliphatic heterocycles. The number of nitrogens with zero attached hydrogens (tertiary/aromatic N) is 2. The van der Waals surface area contributed by atoms with E-state index in [1.807, 2.05) is 0 Å². The van der Waals surface area contributed by atoms with Crippen LogP contribution in [0.3, 0.4) is 0 Å². The fourth-order valence-electron chi connectivity index (χ4n) is 5.00. The number of benzene rings is 2. The Morgan fingerprint density at radius 1 is 1.15 bits per heavy atom. The molecule has 0 spiro atoms. The number of ether oxygens (including phenoxy) is 2. The lowest BCUT2D eigenvalue weighted by Gasteiger charge is -2.20. The predicted octanol–water partition coefficient (Wildman–Crippen LogP) is 3.12. The zero-order valence-corrected chi connectivity index (χ0v) is 25.8. The Kier molecular flexibility index (Phi) is 11.1. The van der Waals surface area contributed by atoms with Gasteiger partial charge in [0, 0.05) is 27.9 Å². The molecule has 0 aliphatic carbocycles. The van der Waals surface area contributed by atoms with Crippen molar-refractivity contribution in [3.8, 4) is 22.9 Å². The fraction of sp³-hybridized carbons (Fsp3) is 0.312. The van der Waals surface area contributed by atoms with Gasteiger partial charge in [0.15, 0.2) is 6.04 Å². The maximum Gasteiger partial charge on any atom is 0.338 e. The third-order valence-electron chi connectivity index (χ3n) is 7.44. The van der Waals surface area contributed by atoms with E-state index in [9.17, 15) is 34.3 Å². The second-order valence-corrected chi connectivity index (χ2v) is 10.9. The molecule has 1 aliphatic rings. The first-order chi connectivity index (χ1) is 22.1. The second-order valence-electron chi connectivity index (χ2n) is 10.4. The van der Waals surface area contributed by atoms with Crippen LogP contribution >= 0.6 is 11.6 Å². The molecule has 0 bridgehead atoms. The predicted molar refractivity (Wildman–Crippen MR) is 168 cm³/mol. The Labute approximate surface area is 269 Å². The number of anilines is 1. The molecule has 240 valence electrons.